The maximum Gasteiger partial charge on any atom is 0.273 e. The van der Waals surface area contributed by atoms with E-state index in [4.69, 9.17) is 9.15 Å². The number of nitrogens with zero attached hydrogens (tertiary/aromatic N) is 3. The van der Waals surface area contributed by atoms with Crippen molar-refractivity contribution in [2.45, 2.75) is 19.6 Å². The standard InChI is InChI=1S/C25H29FN4O3/c26-22-8-6-21(7-9-22)17-30(11-10-29-12-14-32-15-13-29)18-24-28-23(19-33-24)25(31)27-16-20-4-2-1-3-5-20/h1-9,19H,10-18H2,(H,27,31). The first-order valence-corrected chi connectivity index (χ1v) is 11.2. The SMILES string of the molecule is O=C(NCc1ccccc1)c1coc(CN(CCN2CCOCC2)Cc2ccc(F)cc2)n1. The molecule has 4 rings (SSSR count). The van der Waals surface area contributed by atoms with Crippen LogP contribution in [0.5, 0.6) is 0 Å². The Hall–Kier alpha value is -3.07. The van der Waals surface area contributed by atoms with Crippen LogP contribution in [0.2, 0.25) is 0 Å². The highest BCUT2D eigenvalue weighted by molar-refractivity contribution is 5.91. The van der Waals surface area contributed by atoms with Gasteiger partial charge in [-0.3, -0.25) is 14.6 Å². The maximum atomic E-state index is 13.3. The van der Waals surface area contributed by atoms with E-state index in [-0.39, 0.29) is 17.4 Å². The molecule has 8 heteroatoms. The second kappa shape index (κ2) is 11.7. The Labute approximate surface area is 193 Å². The molecule has 1 amide bonds. The number of hydrogen-bond acceptors (Lipinski definition) is 6. The number of carbonyl (C=O) groups excluding carboxylic acids is 1. The Morgan fingerprint density at radius 3 is 2.55 bits per heavy atom. The molecule has 2 heterocycles. The number of amides is 1. The van der Waals surface area contributed by atoms with Crippen LogP contribution in [0.3, 0.4) is 0 Å². The van der Waals surface area contributed by atoms with E-state index in [0.717, 1.165) is 50.5 Å². The number of carbonyl (C=O) groups is 1. The van der Waals surface area contributed by atoms with Crippen LogP contribution in [0, 0.1) is 5.82 Å². The van der Waals surface area contributed by atoms with Crippen LogP contribution >= 0.6 is 0 Å². The number of aromatic nitrogens is 1. The van der Waals surface area contributed by atoms with E-state index < -0.39 is 0 Å². The molecular formula is C25H29FN4O3. The van der Waals surface area contributed by atoms with Gasteiger partial charge in [-0.1, -0.05) is 42.5 Å². The summed E-state index contributed by atoms with van der Waals surface area (Å²) in [4.78, 5) is 21.4. The lowest BCUT2D eigenvalue weighted by Gasteiger charge is -2.29. The monoisotopic (exact) mass is 452 g/mol. The van der Waals surface area contributed by atoms with E-state index in [2.05, 4.69) is 20.1 Å². The highest BCUT2D eigenvalue weighted by Gasteiger charge is 2.17. The van der Waals surface area contributed by atoms with Gasteiger partial charge in [0.1, 0.15) is 12.1 Å². The van der Waals surface area contributed by atoms with Gasteiger partial charge < -0.3 is 14.5 Å². The van der Waals surface area contributed by atoms with Crippen LogP contribution in [-0.2, 0) is 24.4 Å². The molecule has 1 aliphatic heterocycles. The average Bonchev–Trinajstić information content (AvgIpc) is 3.32. The van der Waals surface area contributed by atoms with Crippen LogP contribution in [-0.4, -0.2) is 60.1 Å². The normalized spacial score (nSPS) is 14.5. The van der Waals surface area contributed by atoms with E-state index >= 15 is 0 Å². The number of halogens is 1. The van der Waals surface area contributed by atoms with Crippen LogP contribution < -0.4 is 5.32 Å². The van der Waals surface area contributed by atoms with Gasteiger partial charge in [-0.25, -0.2) is 9.37 Å². The summed E-state index contributed by atoms with van der Waals surface area (Å²) in [7, 11) is 0. The third-order valence-corrected chi connectivity index (χ3v) is 5.59. The third-order valence-electron chi connectivity index (χ3n) is 5.59. The number of morpholine rings is 1. The van der Waals surface area contributed by atoms with E-state index in [1.54, 1.807) is 12.1 Å². The molecular weight excluding hydrogens is 423 g/mol. The molecule has 0 radical (unpaired) electrons. The summed E-state index contributed by atoms with van der Waals surface area (Å²) in [5.41, 5.74) is 2.28. The molecule has 1 fully saturated rings. The summed E-state index contributed by atoms with van der Waals surface area (Å²) >= 11 is 0. The molecule has 1 aliphatic rings. The van der Waals surface area contributed by atoms with Crippen LogP contribution in [0.4, 0.5) is 4.39 Å². The quantitative estimate of drug-likeness (QED) is 0.510. The minimum absolute atomic E-state index is 0.252. The number of rotatable bonds is 10. The molecule has 174 valence electrons. The highest BCUT2D eigenvalue weighted by atomic mass is 19.1. The maximum absolute atomic E-state index is 13.3. The predicted molar refractivity (Wildman–Crippen MR) is 122 cm³/mol. The molecule has 2 aromatic carbocycles. The summed E-state index contributed by atoms with van der Waals surface area (Å²) in [6.07, 6.45) is 1.40. The lowest BCUT2D eigenvalue weighted by molar-refractivity contribution is 0.0320. The number of hydrogen-bond donors (Lipinski definition) is 1. The van der Waals surface area contributed by atoms with Gasteiger partial charge in [-0.05, 0) is 23.3 Å². The van der Waals surface area contributed by atoms with Crippen molar-refractivity contribution >= 4 is 5.91 Å². The Bertz CT molecular complexity index is 1000. The molecule has 0 aliphatic carbocycles. The molecule has 1 saturated heterocycles. The topological polar surface area (TPSA) is 70.8 Å². The fourth-order valence-corrected chi connectivity index (χ4v) is 3.72. The van der Waals surface area contributed by atoms with Crippen molar-refractivity contribution in [3.8, 4) is 0 Å². The summed E-state index contributed by atoms with van der Waals surface area (Å²) in [5, 5.41) is 2.87. The molecule has 7 nitrogen and oxygen atoms in total. The predicted octanol–water partition coefficient (Wildman–Crippen LogP) is 3.08. The van der Waals surface area contributed by atoms with Crippen molar-refractivity contribution < 1.29 is 18.3 Å². The van der Waals surface area contributed by atoms with Crippen LogP contribution in [0.1, 0.15) is 27.5 Å². The first-order valence-electron chi connectivity index (χ1n) is 11.2. The van der Waals surface area contributed by atoms with Crippen LogP contribution in [0.25, 0.3) is 0 Å². The van der Waals surface area contributed by atoms with E-state index in [1.807, 2.05) is 30.3 Å². The molecule has 1 aromatic heterocycles. The Balaban J connectivity index is 1.36. The van der Waals surface area contributed by atoms with Gasteiger partial charge in [0.05, 0.1) is 19.8 Å². The Morgan fingerprint density at radius 2 is 1.79 bits per heavy atom. The average molecular weight is 453 g/mol. The van der Waals surface area contributed by atoms with Crippen molar-refractivity contribution in [3.05, 3.63) is 89.4 Å². The number of nitrogens with one attached hydrogen (secondary N) is 1. The number of oxazole rings is 1. The minimum Gasteiger partial charge on any atom is -0.447 e. The van der Waals surface area contributed by atoms with Gasteiger partial charge in [0.2, 0.25) is 5.89 Å². The smallest absolute Gasteiger partial charge is 0.273 e. The summed E-state index contributed by atoms with van der Waals surface area (Å²) in [6, 6.07) is 16.2. The molecule has 0 saturated carbocycles. The fourth-order valence-electron chi connectivity index (χ4n) is 3.72. The zero-order valence-corrected chi connectivity index (χ0v) is 18.6. The van der Waals surface area contributed by atoms with E-state index in [0.29, 0.717) is 25.5 Å². The Kier molecular flexibility index (Phi) is 8.19. The lowest BCUT2D eigenvalue weighted by atomic mass is 10.2. The molecule has 0 bridgehead atoms. The second-order valence-electron chi connectivity index (χ2n) is 8.09. The highest BCUT2D eigenvalue weighted by Crippen LogP contribution is 2.12. The van der Waals surface area contributed by atoms with Gasteiger partial charge >= 0.3 is 0 Å². The summed E-state index contributed by atoms with van der Waals surface area (Å²) in [5.74, 6) is -0.0475. The number of benzene rings is 2. The molecule has 33 heavy (non-hydrogen) atoms. The van der Waals surface area contributed by atoms with Gasteiger partial charge in [-0.15, -0.1) is 0 Å². The van der Waals surface area contributed by atoms with Crippen molar-refractivity contribution in [2.75, 3.05) is 39.4 Å². The zero-order valence-electron chi connectivity index (χ0n) is 18.6. The van der Waals surface area contributed by atoms with Gasteiger partial charge in [-0.2, -0.15) is 0 Å². The lowest BCUT2D eigenvalue weighted by Crippen LogP contribution is -2.41. The number of ether oxygens (including phenoxy) is 1. The molecule has 0 spiro atoms. The fraction of sp³-hybridized carbons (Fsp3) is 0.360. The first-order chi connectivity index (χ1) is 16.2. The van der Waals surface area contributed by atoms with Crippen molar-refractivity contribution in [1.82, 2.24) is 20.1 Å². The van der Waals surface area contributed by atoms with Gasteiger partial charge in [0, 0.05) is 39.3 Å². The van der Waals surface area contributed by atoms with E-state index in [1.165, 1.54) is 18.4 Å². The Morgan fingerprint density at radius 1 is 1.03 bits per heavy atom. The van der Waals surface area contributed by atoms with Crippen molar-refractivity contribution in [2.24, 2.45) is 0 Å². The molecule has 0 atom stereocenters. The molecule has 1 N–H and O–H groups in total. The third kappa shape index (κ3) is 7.21. The van der Waals surface area contributed by atoms with Crippen molar-refractivity contribution in [3.63, 3.8) is 0 Å². The second-order valence-corrected chi connectivity index (χ2v) is 8.09. The molecule has 0 unspecified atom stereocenters. The largest absolute Gasteiger partial charge is 0.447 e. The first kappa shape index (κ1) is 23.1. The van der Waals surface area contributed by atoms with E-state index in [9.17, 15) is 9.18 Å². The van der Waals surface area contributed by atoms with Gasteiger partial charge in [0.25, 0.3) is 5.91 Å². The summed E-state index contributed by atoms with van der Waals surface area (Å²) < 4.78 is 24.4. The minimum atomic E-state index is -0.271. The van der Waals surface area contributed by atoms with Crippen molar-refractivity contribution in [1.29, 1.82) is 0 Å². The van der Waals surface area contributed by atoms with Crippen LogP contribution in [0.15, 0.2) is 65.3 Å². The van der Waals surface area contributed by atoms with Gasteiger partial charge in [0.15, 0.2) is 5.69 Å². The molecule has 3 aromatic rings. The zero-order chi connectivity index (χ0) is 22.9. The summed E-state index contributed by atoms with van der Waals surface area (Å²) in [6.45, 7) is 6.50.